The van der Waals surface area contributed by atoms with Gasteiger partial charge in [-0.15, -0.1) is 0 Å². The molecule has 1 aromatic rings. The highest BCUT2D eigenvalue weighted by molar-refractivity contribution is 5.24. The lowest BCUT2D eigenvalue weighted by atomic mass is 9.81. The number of aliphatic hydroxyl groups excluding tert-OH is 1. The average molecular weight is 647 g/mol. The van der Waals surface area contributed by atoms with Crippen LogP contribution in [0.15, 0.2) is 30.3 Å². The highest BCUT2D eigenvalue weighted by atomic mass is 16.6. The zero-order valence-electron chi connectivity index (χ0n) is 28.0. The molecule has 0 heterocycles. The molecule has 11 nitrogen and oxygen atoms in total. The number of unbranched alkanes of at least 4 members (excludes halogenated alkanes) is 2. The van der Waals surface area contributed by atoms with Crippen LogP contribution in [0.4, 0.5) is 0 Å². The Morgan fingerprint density at radius 2 is 0.911 bits per heavy atom. The smallest absolute Gasteiger partial charge is 0.116 e. The second-order valence-electron chi connectivity index (χ2n) is 10.5. The van der Waals surface area contributed by atoms with E-state index in [9.17, 15) is 5.11 Å². The van der Waals surface area contributed by atoms with E-state index in [0.717, 1.165) is 37.7 Å². The fraction of sp³-hybridized carbons (Fsp3) is 0.824. The van der Waals surface area contributed by atoms with Gasteiger partial charge in [0.1, 0.15) is 5.60 Å². The monoisotopic (exact) mass is 646 g/mol. The van der Waals surface area contributed by atoms with E-state index in [0.29, 0.717) is 119 Å². The van der Waals surface area contributed by atoms with Gasteiger partial charge in [-0.25, -0.2) is 0 Å². The summed E-state index contributed by atoms with van der Waals surface area (Å²) in [5, 5.41) is 20.4. The summed E-state index contributed by atoms with van der Waals surface area (Å²) in [6, 6.07) is 9.93. The first-order valence-corrected chi connectivity index (χ1v) is 16.8. The van der Waals surface area contributed by atoms with Crippen molar-refractivity contribution >= 4 is 0 Å². The molecular formula is C34H62O11. The standard InChI is InChI=1S/C34H62O11/c1-3-5-12-33(34(36,13-6-4-2)32-10-8-7-9-11-32)45-31-30-44-29-28-43-27-26-42-25-24-41-23-22-40-21-20-39-19-18-38-17-16-37-15-14-35/h7-11,33,35-36H,3-6,12-31H2,1-2H3. The Balaban J connectivity index is 1.95. The molecule has 0 saturated carbocycles. The number of hydrogen-bond donors (Lipinski definition) is 2. The highest BCUT2D eigenvalue weighted by Crippen LogP contribution is 2.35. The third kappa shape index (κ3) is 22.9. The molecular weight excluding hydrogens is 584 g/mol. The molecule has 2 N–H and O–H groups in total. The first-order valence-electron chi connectivity index (χ1n) is 16.8. The molecule has 0 aliphatic rings. The van der Waals surface area contributed by atoms with Crippen molar-refractivity contribution in [2.24, 2.45) is 0 Å². The molecule has 1 aromatic carbocycles. The molecule has 0 saturated heterocycles. The minimum Gasteiger partial charge on any atom is -0.394 e. The number of hydrogen-bond acceptors (Lipinski definition) is 11. The van der Waals surface area contributed by atoms with Crippen LogP contribution in [0.3, 0.4) is 0 Å². The molecule has 0 spiro atoms. The Hall–Kier alpha value is -1.22. The normalized spacial score (nSPS) is 13.7. The lowest BCUT2D eigenvalue weighted by Crippen LogP contribution is -2.42. The van der Waals surface area contributed by atoms with Gasteiger partial charge >= 0.3 is 0 Å². The van der Waals surface area contributed by atoms with Crippen LogP contribution in [0.1, 0.15) is 57.9 Å². The summed E-state index contributed by atoms with van der Waals surface area (Å²) in [4.78, 5) is 0. The zero-order chi connectivity index (χ0) is 32.5. The van der Waals surface area contributed by atoms with Crippen LogP contribution in [-0.2, 0) is 48.2 Å². The van der Waals surface area contributed by atoms with Gasteiger partial charge in [0, 0.05) is 0 Å². The summed E-state index contributed by atoms with van der Waals surface area (Å²) in [5.74, 6) is 0. The van der Waals surface area contributed by atoms with Crippen molar-refractivity contribution in [1.29, 1.82) is 0 Å². The molecule has 0 fully saturated rings. The number of aliphatic hydroxyl groups is 2. The van der Waals surface area contributed by atoms with E-state index in [1.54, 1.807) is 0 Å². The number of ether oxygens (including phenoxy) is 9. The van der Waals surface area contributed by atoms with Crippen molar-refractivity contribution in [2.45, 2.75) is 64.1 Å². The summed E-state index contributed by atoms with van der Waals surface area (Å²) >= 11 is 0. The van der Waals surface area contributed by atoms with Crippen LogP contribution in [0.5, 0.6) is 0 Å². The maximum absolute atomic E-state index is 11.8. The average Bonchev–Trinajstić information content (AvgIpc) is 3.07. The van der Waals surface area contributed by atoms with E-state index in [-0.39, 0.29) is 12.7 Å². The van der Waals surface area contributed by atoms with Gasteiger partial charge in [-0.05, 0) is 18.4 Å². The van der Waals surface area contributed by atoms with Gasteiger partial charge in [0.25, 0.3) is 0 Å². The Labute approximate surface area is 271 Å². The molecule has 264 valence electrons. The van der Waals surface area contributed by atoms with Crippen molar-refractivity contribution < 1.29 is 52.8 Å². The van der Waals surface area contributed by atoms with Gasteiger partial charge in [-0.1, -0.05) is 69.9 Å². The van der Waals surface area contributed by atoms with Crippen molar-refractivity contribution in [1.82, 2.24) is 0 Å². The minimum absolute atomic E-state index is 0.0247. The van der Waals surface area contributed by atoms with Gasteiger partial charge < -0.3 is 52.8 Å². The quantitative estimate of drug-likeness (QED) is 0.105. The largest absolute Gasteiger partial charge is 0.394 e. The van der Waals surface area contributed by atoms with Crippen LogP contribution in [0.2, 0.25) is 0 Å². The van der Waals surface area contributed by atoms with Crippen molar-refractivity contribution in [3.8, 4) is 0 Å². The first kappa shape index (κ1) is 41.8. The van der Waals surface area contributed by atoms with Crippen LogP contribution in [0.25, 0.3) is 0 Å². The highest BCUT2D eigenvalue weighted by Gasteiger charge is 2.38. The summed E-state index contributed by atoms with van der Waals surface area (Å²) in [6.07, 6.45) is 5.24. The summed E-state index contributed by atoms with van der Waals surface area (Å²) in [6.45, 7) is 12.5. The molecule has 0 aliphatic heterocycles. The summed E-state index contributed by atoms with van der Waals surface area (Å²) < 4.78 is 49.8. The van der Waals surface area contributed by atoms with Crippen LogP contribution in [0, 0.1) is 0 Å². The Morgan fingerprint density at radius 3 is 1.29 bits per heavy atom. The molecule has 0 radical (unpaired) electrons. The van der Waals surface area contributed by atoms with E-state index in [1.807, 2.05) is 30.3 Å². The first-order chi connectivity index (χ1) is 22.2. The molecule has 2 atom stereocenters. The van der Waals surface area contributed by atoms with E-state index in [4.69, 9.17) is 47.7 Å². The zero-order valence-corrected chi connectivity index (χ0v) is 28.0. The van der Waals surface area contributed by atoms with Gasteiger partial charge in [0.05, 0.1) is 125 Å². The van der Waals surface area contributed by atoms with Crippen LogP contribution < -0.4 is 0 Å². The lowest BCUT2D eigenvalue weighted by molar-refractivity contribution is -0.132. The minimum atomic E-state index is -1.00. The van der Waals surface area contributed by atoms with Crippen molar-refractivity contribution in [2.75, 3.05) is 119 Å². The molecule has 1 rings (SSSR count). The Morgan fingerprint density at radius 1 is 0.533 bits per heavy atom. The van der Waals surface area contributed by atoms with E-state index in [2.05, 4.69) is 13.8 Å². The van der Waals surface area contributed by atoms with Gasteiger partial charge in [-0.3, -0.25) is 0 Å². The molecule has 0 aromatic heterocycles. The fourth-order valence-electron chi connectivity index (χ4n) is 4.47. The number of rotatable bonds is 35. The summed E-state index contributed by atoms with van der Waals surface area (Å²) in [5.41, 5.74) is -0.0783. The predicted molar refractivity (Wildman–Crippen MR) is 173 cm³/mol. The molecule has 0 bridgehead atoms. The Bertz CT molecular complexity index is 727. The lowest BCUT2D eigenvalue weighted by Gasteiger charge is -2.37. The molecule has 2 unspecified atom stereocenters. The second-order valence-corrected chi connectivity index (χ2v) is 10.5. The van der Waals surface area contributed by atoms with Gasteiger partial charge in [0.15, 0.2) is 0 Å². The van der Waals surface area contributed by atoms with Crippen LogP contribution >= 0.6 is 0 Å². The summed E-state index contributed by atoms with van der Waals surface area (Å²) in [7, 11) is 0. The van der Waals surface area contributed by atoms with Gasteiger partial charge in [0.2, 0.25) is 0 Å². The topological polar surface area (TPSA) is 124 Å². The fourth-order valence-corrected chi connectivity index (χ4v) is 4.47. The predicted octanol–water partition coefficient (Wildman–Crippen LogP) is 3.76. The van der Waals surface area contributed by atoms with Gasteiger partial charge in [-0.2, -0.15) is 0 Å². The second kappa shape index (κ2) is 31.4. The third-order valence-electron chi connectivity index (χ3n) is 6.92. The number of benzene rings is 1. The molecule has 0 amide bonds. The van der Waals surface area contributed by atoms with Crippen molar-refractivity contribution in [3.05, 3.63) is 35.9 Å². The van der Waals surface area contributed by atoms with E-state index < -0.39 is 5.60 Å². The molecule has 0 aliphatic carbocycles. The van der Waals surface area contributed by atoms with Crippen LogP contribution in [-0.4, -0.2) is 135 Å². The maximum atomic E-state index is 11.8. The SMILES string of the molecule is CCCCC(OCCOCCOCCOCCOCCOCCOCCOCCOCCO)C(O)(CCCC)c1ccccc1. The third-order valence-corrected chi connectivity index (χ3v) is 6.92. The van der Waals surface area contributed by atoms with E-state index in [1.165, 1.54) is 0 Å². The Kier molecular flexibility index (Phi) is 29.2. The maximum Gasteiger partial charge on any atom is 0.116 e. The van der Waals surface area contributed by atoms with E-state index >= 15 is 0 Å². The van der Waals surface area contributed by atoms with Crippen molar-refractivity contribution in [3.63, 3.8) is 0 Å². The molecule has 45 heavy (non-hydrogen) atoms. The molecule has 11 heteroatoms.